The molecule has 1 N–H and O–H groups in total. The van der Waals surface area contributed by atoms with Gasteiger partial charge < -0.3 is 4.74 Å². The molecule has 2 aromatic carbocycles. The van der Waals surface area contributed by atoms with Crippen molar-refractivity contribution in [2.45, 2.75) is 13.1 Å². The maximum Gasteiger partial charge on any atom is 0.316 e. The van der Waals surface area contributed by atoms with E-state index in [1.807, 2.05) is 31.2 Å². The summed E-state index contributed by atoms with van der Waals surface area (Å²) in [5.41, 5.74) is 3.02. The summed E-state index contributed by atoms with van der Waals surface area (Å²) in [4.78, 5) is 15.7. The van der Waals surface area contributed by atoms with Gasteiger partial charge >= 0.3 is 119 Å². The van der Waals surface area contributed by atoms with Crippen LogP contribution in [0.2, 0.25) is 0 Å². The standard InChI is InChI=1S/C13H13N2O.C10H7F3N3O2.Ni/c1-9-4-6-11(7-5-9)12-8-14-13(16-3)15-10(12)2;1-6(18-14)15-9(17)16-8-4-2-3-7(5-8)10(11,12)13;/h4-8H,1H2,2-3H3;1-5H,(H2,15,16,17);/q2*-1;/p-1. The number of amidine groups is 1. The number of ether oxygens (including phenoxy) is 1. The zero-order valence-electron chi connectivity index (χ0n) is 18.4. The van der Waals surface area contributed by atoms with Crippen molar-refractivity contribution in [1.82, 2.24) is 9.97 Å². The van der Waals surface area contributed by atoms with Gasteiger partial charge in [-0.05, 0) is 12.5 Å². The second-order valence-electron chi connectivity index (χ2n) is 6.66. The van der Waals surface area contributed by atoms with Gasteiger partial charge in [-0.15, -0.1) is 12.1 Å². The summed E-state index contributed by atoms with van der Waals surface area (Å²) in [6.07, 6.45) is -2.73. The molecule has 1 aromatic heterocycles. The van der Waals surface area contributed by atoms with E-state index in [1.165, 1.54) is 6.07 Å². The van der Waals surface area contributed by atoms with Crippen LogP contribution in [0.5, 0.6) is 6.01 Å². The maximum atomic E-state index is 12.4. The molecule has 0 saturated carbocycles. The van der Waals surface area contributed by atoms with Crippen molar-refractivity contribution in [2.24, 2.45) is 9.18 Å². The van der Waals surface area contributed by atoms with Crippen molar-refractivity contribution in [2.75, 3.05) is 12.4 Å². The average molecular weight is 529 g/mol. The molecule has 3 rings (SSSR count). The Morgan fingerprint density at radius 1 is 1.20 bits per heavy atom. The molecule has 0 aliphatic heterocycles. The topological polar surface area (TPSA) is 104 Å². The minimum atomic E-state index is -4.51. The second-order valence-corrected chi connectivity index (χ2v) is 6.84. The maximum absolute atomic E-state index is 12.4. The fourth-order valence-corrected chi connectivity index (χ4v) is 2.68. The third-order valence-electron chi connectivity index (χ3n) is 4.18. The van der Waals surface area contributed by atoms with Gasteiger partial charge in [0.2, 0.25) is 0 Å². The Morgan fingerprint density at radius 3 is 2.46 bits per heavy atom. The number of aromatic nitrogens is 2. The van der Waals surface area contributed by atoms with Crippen LogP contribution in [0.4, 0.5) is 18.9 Å². The number of anilines is 1. The molecule has 0 radical (unpaired) electrons. The number of aliphatic imine (C=N–C) groups is 1. The molecule has 12 heteroatoms. The van der Waals surface area contributed by atoms with Gasteiger partial charge in [-0.3, -0.25) is 0 Å². The van der Waals surface area contributed by atoms with Gasteiger partial charge in [-0.1, -0.05) is 0 Å². The van der Waals surface area contributed by atoms with Crippen LogP contribution < -0.4 is 15.2 Å². The molecule has 0 saturated heterocycles. The monoisotopic (exact) mass is 528 g/mol. The average Bonchev–Trinajstić information content (AvgIpc) is 2.80. The number of nitrogens with one attached hydrogen (secondary N) is 1. The number of aryl methyl sites for hydroxylation is 1. The molecule has 0 aliphatic carbocycles. The van der Waals surface area contributed by atoms with E-state index in [4.69, 9.17) is 11.3 Å². The van der Waals surface area contributed by atoms with Gasteiger partial charge in [0.25, 0.3) is 0 Å². The van der Waals surface area contributed by atoms with Gasteiger partial charge in [0.05, 0.1) is 12.8 Å². The zero-order valence-corrected chi connectivity index (χ0v) is 19.4. The van der Waals surface area contributed by atoms with E-state index in [1.54, 1.807) is 13.3 Å². The molecule has 8 nitrogen and oxygen atoms in total. The van der Waals surface area contributed by atoms with Crippen molar-refractivity contribution >= 4 is 11.7 Å². The smallest absolute Gasteiger partial charge is 0.316 e. The fourth-order valence-electron chi connectivity index (χ4n) is 2.59. The molecule has 0 aliphatic rings. The fraction of sp³-hybridized carbons (Fsp3) is 0.130. The third-order valence-corrected chi connectivity index (χ3v) is 4.27. The first kappa shape index (κ1) is 27.3. The van der Waals surface area contributed by atoms with Crippen LogP contribution in [0.25, 0.3) is 11.1 Å². The van der Waals surface area contributed by atoms with Crippen molar-refractivity contribution in [1.29, 1.82) is 0 Å². The van der Waals surface area contributed by atoms with Gasteiger partial charge in [-0.2, -0.15) is 29.6 Å². The molecular formula is C23H19F3N5NiO3-3. The SMILES string of the molecule is [CH-]=C(/N=C(\[O-])Nc1cccc(C(F)(F)F)c1)O[N]=[Ni].[CH2-]c1ccc(-c2cnc(OC)nc2C)cc1. The van der Waals surface area contributed by atoms with Crippen LogP contribution in [0.15, 0.2) is 69.8 Å². The van der Waals surface area contributed by atoms with Crippen LogP contribution in [-0.4, -0.2) is 23.1 Å². The Hall–Kier alpha value is -3.92. The largest absolute Gasteiger partial charge is 0.467 e. The number of halogens is 3. The van der Waals surface area contributed by atoms with Gasteiger partial charge in [-0.25, -0.2) is 4.98 Å². The number of nitrogens with zero attached hydrogens (tertiary/aromatic N) is 4. The Morgan fingerprint density at radius 2 is 1.89 bits per heavy atom. The van der Waals surface area contributed by atoms with E-state index < -0.39 is 23.6 Å². The summed E-state index contributed by atoms with van der Waals surface area (Å²) in [6, 6.07) is 11.4. The molecule has 1 heterocycles. The first-order chi connectivity index (χ1) is 16.5. The normalized spacial score (nSPS) is 11.1. The van der Waals surface area contributed by atoms with Crippen molar-refractivity contribution in [3.8, 4) is 17.1 Å². The van der Waals surface area contributed by atoms with Crippen LogP contribution in [-0.2, 0) is 26.3 Å². The number of hydrogen-bond acceptors (Lipinski definition) is 7. The molecule has 0 spiro atoms. The molecule has 188 valence electrons. The van der Waals surface area contributed by atoms with Crippen LogP contribution in [0.1, 0.15) is 16.8 Å². The predicted octanol–water partition coefficient (Wildman–Crippen LogP) is 4.41. The number of rotatable bonds is 6. The second kappa shape index (κ2) is 12.5. The van der Waals surface area contributed by atoms with Gasteiger partial charge in [0.1, 0.15) is 0 Å². The van der Waals surface area contributed by atoms with Crippen LogP contribution in [0, 0.1) is 20.4 Å². The Kier molecular flexibility index (Phi) is 9.78. The van der Waals surface area contributed by atoms with E-state index in [9.17, 15) is 18.3 Å². The van der Waals surface area contributed by atoms with E-state index in [0.717, 1.165) is 40.6 Å². The van der Waals surface area contributed by atoms with Crippen LogP contribution in [0.3, 0.4) is 0 Å². The van der Waals surface area contributed by atoms with E-state index in [0.29, 0.717) is 6.01 Å². The van der Waals surface area contributed by atoms with E-state index in [2.05, 4.69) is 51.5 Å². The van der Waals surface area contributed by atoms with E-state index in [-0.39, 0.29) is 5.69 Å². The van der Waals surface area contributed by atoms with Crippen molar-refractivity contribution in [3.63, 3.8) is 0 Å². The molecule has 3 aromatic rings. The predicted molar refractivity (Wildman–Crippen MR) is 117 cm³/mol. The third kappa shape index (κ3) is 8.75. The number of benzene rings is 2. The summed E-state index contributed by atoms with van der Waals surface area (Å²) in [5.74, 6) is -0.615. The molecule has 0 bridgehead atoms. The number of alkyl halides is 3. The molecule has 0 amide bonds. The zero-order chi connectivity index (χ0) is 26.0. The summed E-state index contributed by atoms with van der Waals surface area (Å²) in [7, 11) is 1.56. The minimum absolute atomic E-state index is 0.0884. The quantitative estimate of drug-likeness (QED) is 0.127. The Balaban J connectivity index is 0.000000250. The Labute approximate surface area is 207 Å². The Bertz CT molecular complexity index is 1200. The van der Waals surface area contributed by atoms with Crippen molar-refractivity contribution < 1.29 is 43.1 Å². The summed E-state index contributed by atoms with van der Waals surface area (Å²) in [5, 5.41) is 13.3. The minimum Gasteiger partial charge on any atom is -0.467 e. The van der Waals surface area contributed by atoms with Gasteiger partial charge in [0, 0.05) is 11.8 Å². The number of hydrogen-bond donors (Lipinski definition) is 1. The first-order valence-electron chi connectivity index (χ1n) is 9.61. The van der Waals surface area contributed by atoms with Gasteiger partial charge in [0.15, 0.2) is 0 Å². The van der Waals surface area contributed by atoms with Crippen LogP contribution >= 0.6 is 0 Å². The summed E-state index contributed by atoms with van der Waals surface area (Å²) >= 11 is 3.78. The summed E-state index contributed by atoms with van der Waals surface area (Å²) in [6.45, 7) is 10.9. The molecular weight excluding hydrogens is 510 g/mol. The summed E-state index contributed by atoms with van der Waals surface area (Å²) < 4.78 is 45.0. The first-order valence-corrected chi connectivity index (χ1v) is 10.1. The molecule has 0 unspecified atom stereocenters. The van der Waals surface area contributed by atoms with Crippen molar-refractivity contribution in [3.05, 3.63) is 90.9 Å². The molecule has 0 atom stereocenters. The number of methoxy groups -OCH3 is 1. The molecule has 35 heavy (non-hydrogen) atoms. The molecule has 0 fully saturated rings. The van der Waals surface area contributed by atoms with E-state index >= 15 is 0 Å².